The summed E-state index contributed by atoms with van der Waals surface area (Å²) < 4.78 is 5.43. The molecule has 1 aliphatic heterocycles. The highest BCUT2D eigenvalue weighted by Gasteiger charge is 2.25. The third kappa shape index (κ3) is 6.01. The van der Waals surface area contributed by atoms with Gasteiger partial charge in [-0.15, -0.1) is 11.8 Å². The molecule has 3 rings (SSSR count). The number of rotatable bonds is 8. The second-order valence-electron chi connectivity index (χ2n) is 7.39. The number of nitrogens with zero attached hydrogens (tertiary/aromatic N) is 1. The SMILES string of the molecule is COc1cc(NC(=O)C(C)SCC(=O)Nc2ccc(C)cc2)ccc1N1CCCC1=O. The minimum absolute atomic E-state index is 0.0732. The molecular weight excluding hydrogens is 414 g/mol. The molecule has 1 unspecified atom stereocenters. The van der Waals surface area contributed by atoms with Crippen molar-refractivity contribution >= 4 is 46.5 Å². The summed E-state index contributed by atoms with van der Waals surface area (Å²) in [5.74, 6) is 0.409. The molecule has 3 amide bonds. The van der Waals surface area contributed by atoms with Crippen LogP contribution in [0.1, 0.15) is 25.3 Å². The molecule has 1 saturated heterocycles. The minimum atomic E-state index is -0.422. The number of carbonyl (C=O) groups is 3. The van der Waals surface area contributed by atoms with E-state index in [1.165, 1.54) is 18.9 Å². The molecule has 31 heavy (non-hydrogen) atoms. The topological polar surface area (TPSA) is 87.7 Å². The van der Waals surface area contributed by atoms with Gasteiger partial charge in [0.2, 0.25) is 17.7 Å². The summed E-state index contributed by atoms with van der Waals surface area (Å²) in [4.78, 5) is 38.4. The van der Waals surface area contributed by atoms with E-state index in [4.69, 9.17) is 4.74 Å². The molecule has 164 valence electrons. The molecule has 1 heterocycles. The van der Waals surface area contributed by atoms with Crippen LogP contribution in [0.25, 0.3) is 0 Å². The summed E-state index contributed by atoms with van der Waals surface area (Å²) in [6, 6.07) is 12.8. The van der Waals surface area contributed by atoms with Crippen molar-refractivity contribution < 1.29 is 19.1 Å². The Kier molecular flexibility index (Phi) is 7.57. The quantitative estimate of drug-likeness (QED) is 0.650. The molecule has 0 radical (unpaired) electrons. The summed E-state index contributed by atoms with van der Waals surface area (Å²) in [6.45, 7) is 4.41. The van der Waals surface area contributed by atoms with Gasteiger partial charge < -0.3 is 20.3 Å². The maximum absolute atomic E-state index is 12.5. The number of hydrogen-bond donors (Lipinski definition) is 2. The fourth-order valence-corrected chi connectivity index (χ4v) is 3.92. The molecule has 0 bridgehead atoms. The third-order valence-electron chi connectivity index (χ3n) is 4.98. The monoisotopic (exact) mass is 441 g/mol. The number of anilines is 3. The Morgan fingerprint density at radius 3 is 2.48 bits per heavy atom. The van der Waals surface area contributed by atoms with E-state index in [0.29, 0.717) is 30.1 Å². The average Bonchev–Trinajstić information content (AvgIpc) is 3.19. The molecule has 1 fully saturated rings. The summed E-state index contributed by atoms with van der Waals surface area (Å²) >= 11 is 1.26. The number of amides is 3. The van der Waals surface area contributed by atoms with E-state index in [2.05, 4.69) is 10.6 Å². The summed E-state index contributed by atoms with van der Waals surface area (Å²) in [5, 5.41) is 5.25. The van der Waals surface area contributed by atoms with Crippen molar-refractivity contribution in [2.24, 2.45) is 0 Å². The van der Waals surface area contributed by atoms with Crippen LogP contribution in [0.3, 0.4) is 0 Å². The average molecular weight is 442 g/mol. The van der Waals surface area contributed by atoms with Gasteiger partial charge >= 0.3 is 0 Å². The van der Waals surface area contributed by atoms with Crippen LogP contribution in [0, 0.1) is 6.92 Å². The minimum Gasteiger partial charge on any atom is -0.494 e. The van der Waals surface area contributed by atoms with Gasteiger partial charge in [-0.2, -0.15) is 0 Å². The van der Waals surface area contributed by atoms with Crippen LogP contribution in [0.15, 0.2) is 42.5 Å². The van der Waals surface area contributed by atoms with Gasteiger partial charge in [0.05, 0.1) is 23.8 Å². The zero-order chi connectivity index (χ0) is 22.4. The van der Waals surface area contributed by atoms with Crippen LogP contribution in [0.4, 0.5) is 17.1 Å². The van der Waals surface area contributed by atoms with Crippen molar-refractivity contribution in [3.8, 4) is 5.75 Å². The second-order valence-corrected chi connectivity index (χ2v) is 8.72. The highest BCUT2D eigenvalue weighted by atomic mass is 32.2. The highest BCUT2D eigenvalue weighted by molar-refractivity contribution is 8.01. The molecule has 7 nitrogen and oxygen atoms in total. The Bertz CT molecular complexity index is 962. The Hall–Kier alpha value is -3.00. The molecule has 2 aromatic carbocycles. The van der Waals surface area contributed by atoms with E-state index in [9.17, 15) is 14.4 Å². The van der Waals surface area contributed by atoms with E-state index < -0.39 is 5.25 Å². The van der Waals surface area contributed by atoms with E-state index in [0.717, 1.165) is 17.7 Å². The molecule has 2 N–H and O–H groups in total. The van der Waals surface area contributed by atoms with Gasteiger partial charge in [0.15, 0.2) is 0 Å². The van der Waals surface area contributed by atoms with Crippen LogP contribution in [-0.2, 0) is 14.4 Å². The first-order chi connectivity index (χ1) is 14.9. The number of ether oxygens (including phenoxy) is 1. The lowest BCUT2D eigenvalue weighted by molar-refractivity contribution is -0.117. The number of hydrogen-bond acceptors (Lipinski definition) is 5. The van der Waals surface area contributed by atoms with E-state index in [-0.39, 0.29) is 23.5 Å². The molecule has 0 saturated carbocycles. The Labute approximate surface area is 186 Å². The molecule has 0 aromatic heterocycles. The predicted octanol–water partition coefficient (Wildman–Crippen LogP) is 3.83. The van der Waals surface area contributed by atoms with Crippen molar-refractivity contribution in [1.82, 2.24) is 0 Å². The molecular formula is C23H27N3O4S. The van der Waals surface area contributed by atoms with Gasteiger partial charge in [-0.05, 0) is 44.5 Å². The van der Waals surface area contributed by atoms with Crippen LogP contribution in [-0.4, -0.2) is 42.4 Å². The molecule has 0 aliphatic carbocycles. The lowest BCUT2D eigenvalue weighted by Crippen LogP contribution is -2.26. The second kappa shape index (κ2) is 10.3. The van der Waals surface area contributed by atoms with Crippen molar-refractivity contribution in [3.63, 3.8) is 0 Å². The standard InChI is InChI=1S/C23H27N3O4S/c1-15-6-8-17(9-7-15)24-21(27)14-31-16(2)23(29)25-18-10-11-19(20(13-18)30-3)26-12-4-5-22(26)28/h6-11,13,16H,4-5,12,14H2,1-3H3,(H,24,27)(H,25,29). The first kappa shape index (κ1) is 22.7. The van der Waals surface area contributed by atoms with Crippen molar-refractivity contribution in [1.29, 1.82) is 0 Å². The number of aryl methyl sites for hydroxylation is 1. The van der Waals surface area contributed by atoms with Crippen molar-refractivity contribution in [2.45, 2.75) is 31.9 Å². The Balaban J connectivity index is 1.53. The maximum atomic E-state index is 12.5. The van der Waals surface area contributed by atoms with E-state index in [1.807, 2.05) is 31.2 Å². The fraction of sp³-hybridized carbons (Fsp3) is 0.348. The fourth-order valence-electron chi connectivity index (χ4n) is 3.24. The first-order valence-electron chi connectivity index (χ1n) is 10.1. The maximum Gasteiger partial charge on any atom is 0.237 e. The van der Waals surface area contributed by atoms with Crippen molar-refractivity contribution in [2.75, 3.05) is 34.9 Å². The molecule has 2 aromatic rings. The Morgan fingerprint density at radius 2 is 1.84 bits per heavy atom. The van der Waals surface area contributed by atoms with Gasteiger partial charge in [0, 0.05) is 30.4 Å². The molecule has 1 aliphatic rings. The number of methoxy groups -OCH3 is 1. The van der Waals surface area contributed by atoms with Crippen LogP contribution in [0.5, 0.6) is 5.75 Å². The van der Waals surface area contributed by atoms with Gasteiger partial charge in [0.25, 0.3) is 0 Å². The first-order valence-corrected chi connectivity index (χ1v) is 11.2. The molecule has 8 heteroatoms. The molecule has 1 atom stereocenters. The lowest BCUT2D eigenvalue weighted by atomic mass is 10.2. The number of nitrogens with one attached hydrogen (secondary N) is 2. The van der Waals surface area contributed by atoms with Crippen LogP contribution in [0.2, 0.25) is 0 Å². The van der Waals surface area contributed by atoms with Gasteiger partial charge in [-0.25, -0.2) is 0 Å². The summed E-state index contributed by atoms with van der Waals surface area (Å²) in [5.41, 5.74) is 3.14. The zero-order valence-corrected chi connectivity index (χ0v) is 18.8. The largest absolute Gasteiger partial charge is 0.494 e. The third-order valence-corrected chi connectivity index (χ3v) is 6.12. The smallest absolute Gasteiger partial charge is 0.237 e. The normalized spacial score (nSPS) is 14.3. The van der Waals surface area contributed by atoms with Crippen LogP contribution < -0.4 is 20.3 Å². The van der Waals surface area contributed by atoms with E-state index in [1.54, 1.807) is 30.0 Å². The predicted molar refractivity (Wildman–Crippen MR) is 125 cm³/mol. The van der Waals surface area contributed by atoms with Crippen molar-refractivity contribution in [3.05, 3.63) is 48.0 Å². The zero-order valence-electron chi connectivity index (χ0n) is 17.9. The summed E-state index contributed by atoms with van der Waals surface area (Å²) in [6.07, 6.45) is 1.36. The highest BCUT2D eigenvalue weighted by Crippen LogP contribution is 2.34. The van der Waals surface area contributed by atoms with Crippen LogP contribution >= 0.6 is 11.8 Å². The number of benzene rings is 2. The van der Waals surface area contributed by atoms with Gasteiger partial charge in [-0.1, -0.05) is 17.7 Å². The number of carbonyl (C=O) groups excluding carboxylic acids is 3. The molecule has 0 spiro atoms. The van der Waals surface area contributed by atoms with Gasteiger partial charge in [0.1, 0.15) is 5.75 Å². The van der Waals surface area contributed by atoms with E-state index >= 15 is 0 Å². The number of thioether (sulfide) groups is 1. The Morgan fingerprint density at radius 1 is 1.13 bits per heavy atom. The van der Waals surface area contributed by atoms with Gasteiger partial charge in [-0.3, -0.25) is 14.4 Å². The lowest BCUT2D eigenvalue weighted by Gasteiger charge is -2.20. The summed E-state index contributed by atoms with van der Waals surface area (Å²) in [7, 11) is 1.54.